The van der Waals surface area contributed by atoms with Crippen molar-refractivity contribution in [3.05, 3.63) is 29.8 Å². The lowest BCUT2D eigenvalue weighted by Crippen LogP contribution is -2.28. The molecule has 1 unspecified atom stereocenters. The third-order valence-electron chi connectivity index (χ3n) is 7.62. The minimum atomic E-state index is -1.77. The van der Waals surface area contributed by atoms with Gasteiger partial charge in [0.15, 0.2) is 0 Å². The number of ether oxygens (including phenoxy) is 1. The van der Waals surface area contributed by atoms with Crippen LogP contribution in [0, 0.1) is 17.8 Å². The highest BCUT2D eigenvalue weighted by atomic mass is 35.5. The van der Waals surface area contributed by atoms with Crippen molar-refractivity contribution in [3.8, 4) is 5.75 Å². The van der Waals surface area contributed by atoms with Gasteiger partial charge in [0.25, 0.3) is 0 Å². The minimum absolute atomic E-state index is 0.316. The van der Waals surface area contributed by atoms with Gasteiger partial charge in [0.2, 0.25) is 0 Å². The van der Waals surface area contributed by atoms with E-state index in [4.69, 9.17) is 16.3 Å². The van der Waals surface area contributed by atoms with E-state index in [-0.39, 0.29) is 8.80 Å². The fraction of sp³-hybridized carbons (Fsp3) is 0.760. The molecular weight excluding hydrogens is 399 g/mol. The topological polar surface area (TPSA) is 9.23 Å². The molecule has 1 aliphatic carbocycles. The molecule has 0 N–H and O–H groups in total. The zero-order chi connectivity index (χ0) is 20.5. The molecule has 0 radical (unpaired) electrons. The minimum Gasteiger partial charge on any atom is -0.447 e. The normalized spacial score (nSPS) is 28.8. The predicted octanol–water partition coefficient (Wildman–Crippen LogP) is 8.12. The molecule has 0 aromatic heterocycles. The Bertz CT molecular complexity index is 563. The number of hydrogen-bond donors (Lipinski definition) is 0. The summed E-state index contributed by atoms with van der Waals surface area (Å²) in [6, 6.07) is 12.6. The summed E-state index contributed by atoms with van der Waals surface area (Å²) >= 11 is 5.21. The van der Waals surface area contributed by atoms with Crippen molar-refractivity contribution < 1.29 is 9.13 Å². The molecule has 29 heavy (non-hydrogen) atoms. The summed E-state index contributed by atoms with van der Waals surface area (Å²) in [7, 11) is -0.316. The van der Waals surface area contributed by atoms with Crippen molar-refractivity contribution in [2.24, 2.45) is 17.8 Å². The maximum atomic E-state index is 12.6. The van der Waals surface area contributed by atoms with Crippen molar-refractivity contribution >= 4 is 20.4 Å². The van der Waals surface area contributed by atoms with Crippen molar-refractivity contribution in [1.29, 1.82) is 0 Å². The van der Waals surface area contributed by atoms with Crippen LogP contribution in [-0.2, 0) is 6.42 Å². The Morgan fingerprint density at radius 1 is 1.00 bits per heavy atom. The van der Waals surface area contributed by atoms with Crippen LogP contribution in [0.25, 0.3) is 0 Å². The first-order valence-corrected chi connectivity index (χ1v) is 15.1. The molecule has 1 atom stereocenters. The molecule has 1 nitrogen and oxygen atoms in total. The lowest BCUT2D eigenvalue weighted by Gasteiger charge is -2.37. The fourth-order valence-corrected chi connectivity index (χ4v) is 9.49. The summed E-state index contributed by atoms with van der Waals surface area (Å²) in [4.78, 5) is 0. The lowest BCUT2D eigenvalue weighted by atomic mass is 9.73. The Balaban J connectivity index is 1.27. The molecule has 164 valence electrons. The molecule has 1 heterocycles. The van der Waals surface area contributed by atoms with Gasteiger partial charge in [-0.2, -0.15) is 4.39 Å². The number of hydrogen-bond acceptors (Lipinski definition) is 1. The Kier molecular flexibility index (Phi) is 9.84. The number of rotatable bonds is 10. The van der Waals surface area contributed by atoms with Crippen molar-refractivity contribution in [2.45, 2.75) is 102 Å². The zero-order valence-electron chi connectivity index (χ0n) is 18.3. The predicted molar refractivity (Wildman–Crippen MR) is 125 cm³/mol. The largest absolute Gasteiger partial charge is 0.447 e. The van der Waals surface area contributed by atoms with Gasteiger partial charge in [0, 0.05) is 8.80 Å². The second-order valence-electron chi connectivity index (χ2n) is 9.62. The number of unbranched alkanes of at least 4 members (excludes halogenated alkanes) is 1. The van der Waals surface area contributed by atoms with E-state index in [0.717, 1.165) is 24.2 Å². The van der Waals surface area contributed by atoms with Gasteiger partial charge in [-0.1, -0.05) is 82.1 Å². The quantitative estimate of drug-likeness (QED) is 0.203. The van der Waals surface area contributed by atoms with Crippen LogP contribution in [0.15, 0.2) is 24.3 Å². The molecule has 1 saturated carbocycles. The number of aryl methyl sites for hydroxylation is 1. The van der Waals surface area contributed by atoms with Crippen molar-refractivity contribution in [1.82, 2.24) is 0 Å². The third-order valence-corrected chi connectivity index (χ3v) is 11.4. The molecule has 3 rings (SSSR count). The van der Waals surface area contributed by atoms with E-state index in [1.54, 1.807) is 31.0 Å². The summed E-state index contributed by atoms with van der Waals surface area (Å²) in [6.45, 7) is 2.37. The van der Waals surface area contributed by atoms with Gasteiger partial charge in [-0.05, 0) is 72.7 Å². The van der Waals surface area contributed by atoms with Gasteiger partial charge in [0.05, 0.1) is 0 Å². The zero-order valence-corrected chi connectivity index (χ0v) is 20.2. The molecule has 2 fully saturated rings. The highest BCUT2D eigenvalue weighted by molar-refractivity contribution is 6.58. The van der Waals surface area contributed by atoms with E-state index < -0.39 is 5.82 Å². The molecule has 2 aliphatic rings. The molecule has 1 aliphatic heterocycles. The maximum absolute atomic E-state index is 12.6. The molecule has 1 saturated heterocycles. The molecule has 0 amide bonds. The van der Waals surface area contributed by atoms with Gasteiger partial charge in [-0.25, -0.2) is 0 Å². The highest BCUT2D eigenvalue weighted by Gasteiger charge is 2.30. The summed E-state index contributed by atoms with van der Waals surface area (Å²) in [5, 5.41) is 0. The van der Waals surface area contributed by atoms with Crippen LogP contribution in [0.5, 0.6) is 5.75 Å². The molecule has 0 bridgehead atoms. The first-order valence-electron chi connectivity index (χ1n) is 12.2. The molecule has 1 aromatic carbocycles. The lowest BCUT2D eigenvalue weighted by molar-refractivity contribution is 0.147. The van der Waals surface area contributed by atoms with E-state index >= 15 is 0 Å². The van der Waals surface area contributed by atoms with Crippen LogP contribution in [0.4, 0.5) is 4.39 Å². The number of alkyl halides is 2. The van der Waals surface area contributed by atoms with Crippen LogP contribution in [0.3, 0.4) is 0 Å². The monoisotopic (exact) mass is 438 g/mol. The Morgan fingerprint density at radius 3 is 2.28 bits per heavy atom. The standard InChI is InChI=1S/C25H40ClFOSi/c1-2-17-29-18-15-23(16-19-29)22-11-7-20(8-12-22)5-3-4-6-21-9-13-24(14-10-21)28-25(26)27/h9-10,13-14,20,22-23,25,29H,2-8,11-12,15-19H2,1H3/t20-,22-,23-,25?,29-. The SMILES string of the molecule is CCC[Si@H]1CC[C@H]([C@H]2CC[C@H](CCCCc3ccc(OC(F)Cl)cc3)CC2)CC1. The summed E-state index contributed by atoms with van der Waals surface area (Å²) in [6.07, 6.45) is 15.6. The van der Waals surface area contributed by atoms with E-state index in [1.807, 2.05) is 24.3 Å². The summed E-state index contributed by atoms with van der Waals surface area (Å²) in [5.74, 6) is 1.83. The molecule has 1 aromatic rings. The molecule has 0 spiro atoms. The van der Waals surface area contributed by atoms with Crippen LogP contribution in [0.1, 0.15) is 76.7 Å². The average molecular weight is 439 g/mol. The smallest absolute Gasteiger partial charge is 0.316 e. The van der Waals surface area contributed by atoms with E-state index in [9.17, 15) is 4.39 Å². The van der Waals surface area contributed by atoms with Gasteiger partial charge < -0.3 is 4.74 Å². The maximum Gasteiger partial charge on any atom is 0.316 e. The fourth-order valence-electron chi connectivity index (χ4n) is 5.90. The van der Waals surface area contributed by atoms with Crippen molar-refractivity contribution in [3.63, 3.8) is 0 Å². The second-order valence-corrected chi connectivity index (χ2v) is 13.4. The average Bonchev–Trinajstić information content (AvgIpc) is 2.73. The van der Waals surface area contributed by atoms with Crippen LogP contribution >= 0.6 is 11.6 Å². The summed E-state index contributed by atoms with van der Waals surface area (Å²) < 4.78 is 17.5. The van der Waals surface area contributed by atoms with Crippen LogP contribution in [-0.4, -0.2) is 14.6 Å². The molecular formula is C25H40ClFOSi. The Hall–Kier alpha value is -0.543. The summed E-state index contributed by atoms with van der Waals surface area (Å²) in [5.41, 5.74) is 1.30. The third kappa shape index (κ3) is 7.90. The van der Waals surface area contributed by atoms with Gasteiger partial charge >= 0.3 is 5.82 Å². The number of benzene rings is 1. The van der Waals surface area contributed by atoms with Crippen molar-refractivity contribution in [2.75, 3.05) is 0 Å². The van der Waals surface area contributed by atoms with Crippen LogP contribution in [0.2, 0.25) is 18.1 Å². The highest BCUT2D eigenvalue weighted by Crippen LogP contribution is 2.42. The van der Waals surface area contributed by atoms with E-state index in [0.29, 0.717) is 5.75 Å². The number of halogens is 2. The van der Waals surface area contributed by atoms with E-state index in [1.165, 1.54) is 56.9 Å². The molecule has 4 heteroatoms. The van der Waals surface area contributed by atoms with Gasteiger partial charge in [0.1, 0.15) is 5.75 Å². The Labute approximate surface area is 184 Å². The van der Waals surface area contributed by atoms with Crippen LogP contribution < -0.4 is 4.74 Å². The second kappa shape index (κ2) is 12.3. The Morgan fingerprint density at radius 2 is 1.66 bits per heavy atom. The van der Waals surface area contributed by atoms with E-state index in [2.05, 4.69) is 6.92 Å². The van der Waals surface area contributed by atoms with Gasteiger partial charge in [-0.15, -0.1) is 0 Å². The van der Waals surface area contributed by atoms with Gasteiger partial charge in [-0.3, -0.25) is 0 Å². The first-order chi connectivity index (χ1) is 14.1. The first kappa shape index (κ1) is 23.1.